The van der Waals surface area contributed by atoms with Gasteiger partial charge in [0.25, 0.3) is 0 Å². The fraction of sp³-hybridized carbons (Fsp3) is 0.500. The fourth-order valence-electron chi connectivity index (χ4n) is 1.82. The van der Waals surface area contributed by atoms with E-state index in [4.69, 9.17) is 0 Å². The number of rotatable bonds is 3. The molecule has 0 aliphatic carbocycles. The zero-order chi connectivity index (χ0) is 9.80. The van der Waals surface area contributed by atoms with Crippen LogP contribution in [0.25, 0.3) is 0 Å². The number of fused-ring (bicyclic) bond motifs is 1. The summed E-state index contributed by atoms with van der Waals surface area (Å²) < 4.78 is 0. The summed E-state index contributed by atoms with van der Waals surface area (Å²) in [4.78, 5) is 0. The highest BCUT2D eigenvalue weighted by molar-refractivity contribution is 7.98. The summed E-state index contributed by atoms with van der Waals surface area (Å²) >= 11 is 1.98. The van der Waals surface area contributed by atoms with E-state index in [9.17, 15) is 0 Å². The number of nitrogens with one attached hydrogen (secondary N) is 1. The van der Waals surface area contributed by atoms with Crippen LogP contribution < -0.4 is 5.32 Å². The Balaban J connectivity index is 2.12. The Bertz CT molecular complexity index is 309. The fourth-order valence-corrected chi connectivity index (χ4v) is 2.44. The highest BCUT2D eigenvalue weighted by Gasteiger charge is 2.08. The molecule has 1 heterocycles. The molecule has 0 fully saturated rings. The maximum atomic E-state index is 3.47. The van der Waals surface area contributed by atoms with Crippen molar-refractivity contribution in [1.82, 2.24) is 0 Å². The van der Waals surface area contributed by atoms with Gasteiger partial charge in [-0.1, -0.05) is 19.1 Å². The number of anilines is 1. The molecule has 76 valence electrons. The van der Waals surface area contributed by atoms with Crippen LogP contribution in [0, 0.1) is 0 Å². The molecule has 0 bridgehead atoms. The van der Waals surface area contributed by atoms with Gasteiger partial charge in [-0.25, -0.2) is 0 Å². The van der Waals surface area contributed by atoms with Gasteiger partial charge in [-0.15, -0.1) is 0 Å². The van der Waals surface area contributed by atoms with Crippen LogP contribution in [-0.2, 0) is 12.2 Å². The Hall–Kier alpha value is -0.630. The summed E-state index contributed by atoms with van der Waals surface area (Å²) in [5.41, 5.74) is 4.30. The molecule has 0 saturated heterocycles. The lowest BCUT2D eigenvalue weighted by molar-refractivity contribution is 0.829. The predicted molar refractivity (Wildman–Crippen MR) is 65.1 cm³/mol. The van der Waals surface area contributed by atoms with Crippen molar-refractivity contribution in [3.63, 3.8) is 0 Å². The Kier molecular flexibility index (Phi) is 3.35. The van der Waals surface area contributed by atoms with Crippen molar-refractivity contribution < 1.29 is 0 Å². The predicted octanol–water partition coefficient (Wildman–Crippen LogP) is 3.30. The van der Waals surface area contributed by atoms with Crippen LogP contribution in [0.3, 0.4) is 0 Å². The lowest BCUT2D eigenvalue weighted by atomic mass is 10.0. The molecule has 1 aromatic rings. The van der Waals surface area contributed by atoms with Crippen molar-refractivity contribution in [2.24, 2.45) is 0 Å². The molecule has 1 aliphatic heterocycles. The number of hydrogen-bond acceptors (Lipinski definition) is 2. The molecule has 0 radical (unpaired) electrons. The minimum atomic E-state index is 1.14. The van der Waals surface area contributed by atoms with Crippen molar-refractivity contribution in [3.8, 4) is 0 Å². The number of hydrogen-bond donors (Lipinski definition) is 1. The highest BCUT2D eigenvalue weighted by atomic mass is 32.2. The van der Waals surface area contributed by atoms with Crippen molar-refractivity contribution in [3.05, 3.63) is 29.3 Å². The molecule has 2 heteroatoms. The van der Waals surface area contributed by atoms with Crippen LogP contribution in [0.1, 0.15) is 24.5 Å². The molecule has 0 saturated carbocycles. The first-order valence-corrected chi connectivity index (χ1v) is 6.49. The van der Waals surface area contributed by atoms with Gasteiger partial charge in [-0.2, -0.15) is 11.8 Å². The summed E-state index contributed by atoms with van der Waals surface area (Å²) in [7, 11) is 0. The van der Waals surface area contributed by atoms with Gasteiger partial charge in [0.1, 0.15) is 0 Å². The van der Waals surface area contributed by atoms with Crippen LogP contribution in [0.15, 0.2) is 18.2 Å². The molecule has 0 amide bonds. The quantitative estimate of drug-likeness (QED) is 0.816. The van der Waals surface area contributed by atoms with Gasteiger partial charge in [0.15, 0.2) is 0 Å². The Morgan fingerprint density at radius 3 is 3.21 bits per heavy atom. The lowest BCUT2D eigenvalue weighted by Crippen LogP contribution is -2.11. The van der Waals surface area contributed by atoms with Gasteiger partial charge in [-0.3, -0.25) is 0 Å². The minimum Gasteiger partial charge on any atom is -0.385 e. The molecule has 1 aromatic carbocycles. The highest BCUT2D eigenvalue weighted by Crippen LogP contribution is 2.24. The second-order valence-electron chi connectivity index (χ2n) is 3.66. The van der Waals surface area contributed by atoms with Gasteiger partial charge in [0.2, 0.25) is 0 Å². The topological polar surface area (TPSA) is 12.0 Å². The van der Waals surface area contributed by atoms with E-state index in [1.54, 1.807) is 0 Å². The average molecular weight is 207 g/mol. The summed E-state index contributed by atoms with van der Waals surface area (Å²) in [6.45, 7) is 3.35. The molecule has 0 atom stereocenters. The minimum absolute atomic E-state index is 1.14. The van der Waals surface area contributed by atoms with Crippen LogP contribution in [0.2, 0.25) is 0 Å². The standard InChI is InChI=1S/C12H17NS/c1-2-14-9-10-5-6-11-4-3-7-13-12(11)8-10/h5-6,8,13H,2-4,7,9H2,1H3. The number of benzene rings is 1. The van der Waals surface area contributed by atoms with Gasteiger partial charge in [0.05, 0.1) is 0 Å². The van der Waals surface area contributed by atoms with E-state index in [-0.39, 0.29) is 0 Å². The summed E-state index contributed by atoms with van der Waals surface area (Å²) in [6.07, 6.45) is 2.51. The normalized spacial score (nSPS) is 14.6. The Labute approximate surface area is 90.3 Å². The maximum absolute atomic E-state index is 3.47. The van der Waals surface area contributed by atoms with Crippen molar-refractivity contribution in [2.45, 2.75) is 25.5 Å². The van der Waals surface area contributed by atoms with E-state index in [0.717, 1.165) is 12.3 Å². The summed E-state index contributed by atoms with van der Waals surface area (Å²) in [5, 5.41) is 3.47. The van der Waals surface area contributed by atoms with Gasteiger partial charge in [0, 0.05) is 18.0 Å². The zero-order valence-corrected chi connectivity index (χ0v) is 9.49. The van der Waals surface area contributed by atoms with E-state index >= 15 is 0 Å². The number of aryl methyl sites for hydroxylation is 1. The van der Waals surface area contributed by atoms with Crippen LogP contribution >= 0.6 is 11.8 Å². The molecule has 0 unspecified atom stereocenters. The smallest absolute Gasteiger partial charge is 0.0375 e. The zero-order valence-electron chi connectivity index (χ0n) is 8.68. The lowest BCUT2D eigenvalue weighted by Gasteiger charge is -2.18. The molecule has 0 aromatic heterocycles. The van der Waals surface area contributed by atoms with Gasteiger partial charge < -0.3 is 5.32 Å². The van der Waals surface area contributed by atoms with Crippen molar-refractivity contribution in [2.75, 3.05) is 17.6 Å². The first-order chi connectivity index (χ1) is 6.90. The second-order valence-corrected chi connectivity index (χ2v) is 4.93. The first kappa shape index (κ1) is 9.91. The second kappa shape index (κ2) is 4.74. The van der Waals surface area contributed by atoms with E-state index in [1.165, 1.54) is 35.4 Å². The first-order valence-electron chi connectivity index (χ1n) is 5.33. The average Bonchev–Trinajstić information content (AvgIpc) is 2.26. The molecular formula is C12H17NS. The molecule has 1 N–H and O–H groups in total. The van der Waals surface area contributed by atoms with Crippen LogP contribution in [0.5, 0.6) is 0 Å². The van der Waals surface area contributed by atoms with Gasteiger partial charge >= 0.3 is 0 Å². The third-order valence-electron chi connectivity index (χ3n) is 2.59. The molecule has 1 aliphatic rings. The molecular weight excluding hydrogens is 190 g/mol. The van der Waals surface area contributed by atoms with E-state index < -0.39 is 0 Å². The third kappa shape index (κ3) is 2.24. The third-order valence-corrected chi connectivity index (χ3v) is 3.53. The molecule has 2 rings (SSSR count). The van der Waals surface area contributed by atoms with E-state index in [2.05, 4.69) is 30.4 Å². The van der Waals surface area contributed by atoms with Crippen molar-refractivity contribution in [1.29, 1.82) is 0 Å². The van der Waals surface area contributed by atoms with E-state index in [1.807, 2.05) is 11.8 Å². The largest absolute Gasteiger partial charge is 0.385 e. The molecule has 0 spiro atoms. The SMILES string of the molecule is CCSCc1ccc2c(c1)NCCC2. The maximum Gasteiger partial charge on any atom is 0.0375 e. The number of thioether (sulfide) groups is 1. The molecule has 1 nitrogen and oxygen atoms in total. The van der Waals surface area contributed by atoms with Gasteiger partial charge in [-0.05, 0) is 35.8 Å². The Morgan fingerprint density at radius 2 is 2.36 bits per heavy atom. The monoisotopic (exact) mass is 207 g/mol. The summed E-state index contributed by atoms with van der Waals surface area (Å²) in [6, 6.07) is 6.87. The Morgan fingerprint density at radius 1 is 1.43 bits per heavy atom. The van der Waals surface area contributed by atoms with E-state index in [0.29, 0.717) is 0 Å². The van der Waals surface area contributed by atoms with Crippen LogP contribution in [0.4, 0.5) is 5.69 Å². The van der Waals surface area contributed by atoms with Crippen LogP contribution in [-0.4, -0.2) is 12.3 Å². The molecule has 14 heavy (non-hydrogen) atoms. The summed E-state index contributed by atoms with van der Waals surface area (Å²) in [5.74, 6) is 2.34. The van der Waals surface area contributed by atoms with Crippen molar-refractivity contribution >= 4 is 17.4 Å².